The number of para-hydroxylation sites is 1. The first-order valence-electron chi connectivity index (χ1n) is 20.6. The van der Waals surface area contributed by atoms with E-state index in [1.54, 1.807) is 11.3 Å². The first-order valence-corrected chi connectivity index (χ1v) is 21.4. The summed E-state index contributed by atoms with van der Waals surface area (Å²) in [5.41, 5.74) is 11.8. The number of fused-ring (bicyclic) bond motifs is 6. The zero-order chi connectivity index (χ0) is 41.0. The van der Waals surface area contributed by atoms with Crippen LogP contribution in [0.4, 0.5) is 0 Å². The first kappa shape index (κ1) is 35.8. The quantitative estimate of drug-likeness (QED) is 0.160. The van der Waals surface area contributed by atoms with Gasteiger partial charge in [0.05, 0.1) is 32.6 Å². The van der Waals surface area contributed by atoms with Crippen molar-refractivity contribution < 1.29 is 0 Å². The van der Waals surface area contributed by atoms with Crippen LogP contribution < -0.4 is 0 Å². The maximum Gasteiger partial charge on any atom is 0.164 e. The van der Waals surface area contributed by atoms with Crippen LogP contribution >= 0.6 is 11.3 Å². The highest BCUT2D eigenvalue weighted by atomic mass is 32.1. The molecule has 0 spiro atoms. The van der Waals surface area contributed by atoms with Crippen LogP contribution in [0, 0.1) is 0 Å². The van der Waals surface area contributed by atoms with Crippen LogP contribution in [0.15, 0.2) is 206 Å². The van der Waals surface area contributed by atoms with E-state index < -0.39 is 0 Å². The Morgan fingerprint density at radius 3 is 1.55 bits per heavy atom. The standard InChI is InChI=1S/C55H34N6S/c1-5-17-35(18-6-1)39-29-31-46-43(33-39)41-25-13-15-27-45(41)61(46)47-32-30-40(54-59-52(37-21-9-3-10-22-37)58-53(60-54)38-23-11-4-12-24-38)34-44(47)55-56-49(36-19-7-2-8-20-36)51-50(57-55)42-26-14-16-28-48(42)62-51/h1-34H. The molecule has 12 rings (SSSR count). The van der Waals surface area contributed by atoms with Gasteiger partial charge in [0.25, 0.3) is 0 Å². The fraction of sp³-hybridized carbons (Fsp3) is 0. The number of aromatic nitrogens is 6. The van der Waals surface area contributed by atoms with Crippen molar-refractivity contribution in [2.24, 2.45) is 0 Å². The molecule has 4 aromatic heterocycles. The molecule has 8 aromatic carbocycles. The summed E-state index contributed by atoms with van der Waals surface area (Å²) >= 11 is 1.73. The van der Waals surface area contributed by atoms with Crippen LogP contribution in [0.1, 0.15) is 0 Å². The molecule has 4 heterocycles. The summed E-state index contributed by atoms with van der Waals surface area (Å²) in [5, 5.41) is 3.44. The third-order valence-corrected chi connectivity index (χ3v) is 12.6. The SMILES string of the molecule is c1ccc(-c2ccc3c(c2)c2ccccc2n3-c2ccc(-c3nc(-c4ccccc4)nc(-c4ccccc4)n3)cc2-c2nc(-c3ccccc3)c3sc4ccccc4c3n2)cc1. The molecular weight excluding hydrogens is 777 g/mol. The summed E-state index contributed by atoms with van der Waals surface area (Å²) in [6.45, 7) is 0. The lowest BCUT2D eigenvalue weighted by Crippen LogP contribution is -2.03. The summed E-state index contributed by atoms with van der Waals surface area (Å²) in [6, 6.07) is 71.6. The van der Waals surface area contributed by atoms with Gasteiger partial charge in [-0.05, 0) is 53.6 Å². The molecule has 7 heteroatoms. The largest absolute Gasteiger partial charge is 0.309 e. The highest BCUT2D eigenvalue weighted by Gasteiger charge is 2.23. The Labute approximate surface area is 361 Å². The molecule has 0 fully saturated rings. The van der Waals surface area contributed by atoms with Gasteiger partial charge in [-0.2, -0.15) is 0 Å². The number of hydrogen-bond acceptors (Lipinski definition) is 6. The minimum absolute atomic E-state index is 0.561. The number of nitrogens with zero attached hydrogens (tertiary/aromatic N) is 6. The van der Waals surface area contributed by atoms with E-state index in [1.807, 2.05) is 66.7 Å². The van der Waals surface area contributed by atoms with Gasteiger partial charge in [0.1, 0.15) is 0 Å². The number of thiophene rings is 1. The summed E-state index contributed by atoms with van der Waals surface area (Å²) < 4.78 is 4.59. The second kappa shape index (κ2) is 14.9. The Kier molecular flexibility index (Phi) is 8.57. The molecule has 62 heavy (non-hydrogen) atoms. The molecule has 0 bridgehead atoms. The zero-order valence-corrected chi connectivity index (χ0v) is 34.0. The molecule has 0 unspecified atom stereocenters. The first-order chi connectivity index (χ1) is 30.7. The molecular formula is C55H34N6S. The van der Waals surface area contributed by atoms with Gasteiger partial charge in [-0.3, -0.25) is 0 Å². The monoisotopic (exact) mass is 810 g/mol. The molecule has 0 aliphatic carbocycles. The van der Waals surface area contributed by atoms with Crippen molar-refractivity contribution in [3.8, 4) is 73.6 Å². The van der Waals surface area contributed by atoms with Gasteiger partial charge in [0, 0.05) is 48.7 Å². The van der Waals surface area contributed by atoms with Gasteiger partial charge in [-0.1, -0.05) is 164 Å². The second-order valence-corrected chi connectivity index (χ2v) is 16.3. The van der Waals surface area contributed by atoms with E-state index in [2.05, 4.69) is 144 Å². The molecule has 0 aliphatic heterocycles. The predicted molar refractivity (Wildman–Crippen MR) is 255 cm³/mol. The van der Waals surface area contributed by atoms with Crippen LogP contribution in [0.3, 0.4) is 0 Å². The molecule has 0 N–H and O–H groups in total. The Balaban J connectivity index is 1.16. The van der Waals surface area contributed by atoms with Gasteiger partial charge in [-0.15, -0.1) is 11.3 Å². The molecule has 0 saturated heterocycles. The fourth-order valence-electron chi connectivity index (χ4n) is 8.53. The average Bonchev–Trinajstić information content (AvgIpc) is 3.90. The molecule has 6 nitrogen and oxygen atoms in total. The fourth-order valence-corrected chi connectivity index (χ4v) is 9.69. The van der Waals surface area contributed by atoms with E-state index >= 15 is 0 Å². The summed E-state index contributed by atoms with van der Waals surface area (Å²) in [4.78, 5) is 26.3. The molecule has 0 radical (unpaired) electrons. The van der Waals surface area contributed by atoms with E-state index in [0.29, 0.717) is 23.3 Å². The van der Waals surface area contributed by atoms with E-state index in [1.165, 1.54) is 21.2 Å². The van der Waals surface area contributed by atoms with Crippen molar-refractivity contribution in [1.82, 2.24) is 29.5 Å². The Bertz CT molecular complexity index is 3560. The lowest BCUT2D eigenvalue weighted by molar-refractivity contribution is 1.07. The van der Waals surface area contributed by atoms with Crippen molar-refractivity contribution in [1.29, 1.82) is 0 Å². The van der Waals surface area contributed by atoms with Crippen molar-refractivity contribution in [2.75, 3.05) is 0 Å². The van der Waals surface area contributed by atoms with Crippen molar-refractivity contribution in [3.05, 3.63) is 206 Å². The van der Waals surface area contributed by atoms with Crippen LogP contribution in [0.2, 0.25) is 0 Å². The number of hydrogen-bond donors (Lipinski definition) is 0. The van der Waals surface area contributed by atoms with Gasteiger partial charge >= 0.3 is 0 Å². The van der Waals surface area contributed by atoms with E-state index in [9.17, 15) is 0 Å². The van der Waals surface area contributed by atoms with Crippen LogP contribution in [-0.4, -0.2) is 29.5 Å². The summed E-state index contributed by atoms with van der Waals surface area (Å²) in [6.07, 6.45) is 0. The van der Waals surface area contributed by atoms with Crippen LogP contribution in [0.25, 0.3) is 116 Å². The number of rotatable bonds is 7. The van der Waals surface area contributed by atoms with Crippen LogP contribution in [-0.2, 0) is 0 Å². The maximum atomic E-state index is 5.52. The predicted octanol–water partition coefficient (Wildman–Crippen LogP) is 14.1. The third-order valence-electron chi connectivity index (χ3n) is 11.5. The Morgan fingerprint density at radius 1 is 0.339 bits per heavy atom. The minimum atomic E-state index is 0.561. The topological polar surface area (TPSA) is 69.4 Å². The van der Waals surface area contributed by atoms with Crippen LogP contribution in [0.5, 0.6) is 0 Å². The van der Waals surface area contributed by atoms with E-state index in [-0.39, 0.29) is 0 Å². The second-order valence-electron chi connectivity index (χ2n) is 15.3. The van der Waals surface area contributed by atoms with E-state index in [0.717, 1.165) is 71.2 Å². The lowest BCUT2D eigenvalue weighted by atomic mass is 10.0. The molecule has 0 amide bonds. The summed E-state index contributed by atoms with van der Waals surface area (Å²) in [5.74, 6) is 2.38. The molecule has 0 atom stereocenters. The molecule has 12 aromatic rings. The highest BCUT2D eigenvalue weighted by Crippen LogP contribution is 2.43. The smallest absolute Gasteiger partial charge is 0.164 e. The molecule has 290 valence electrons. The van der Waals surface area contributed by atoms with Crippen molar-refractivity contribution in [3.63, 3.8) is 0 Å². The zero-order valence-electron chi connectivity index (χ0n) is 33.2. The van der Waals surface area contributed by atoms with Gasteiger partial charge in [0.15, 0.2) is 23.3 Å². The molecule has 0 saturated carbocycles. The maximum absolute atomic E-state index is 5.52. The Morgan fingerprint density at radius 2 is 0.871 bits per heavy atom. The minimum Gasteiger partial charge on any atom is -0.309 e. The highest BCUT2D eigenvalue weighted by molar-refractivity contribution is 7.26. The van der Waals surface area contributed by atoms with Gasteiger partial charge in [0.2, 0.25) is 0 Å². The lowest BCUT2D eigenvalue weighted by Gasteiger charge is -2.16. The van der Waals surface area contributed by atoms with Gasteiger partial charge in [-0.25, -0.2) is 24.9 Å². The normalized spacial score (nSPS) is 11.5. The van der Waals surface area contributed by atoms with Crippen molar-refractivity contribution >= 4 is 53.4 Å². The average molecular weight is 811 g/mol. The third kappa shape index (κ3) is 6.14. The van der Waals surface area contributed by atoms with E-state index in [4.69, 9.17) is 24.9 Å². The van der Waals surface area contributed by atoms with Gasteiger partial charge < -0.3 is 4.57 Å². The molecule has 0 aliphatic rings. The summed E-state index contributed by atoms with van der Waals surface area (Å²) in [7, 11) is 0. The number of benzene rings is 8. The Hall–Kier alpha value is -8.13. The van der Waals surface area contributed by atoms with Crippen molar-refractivity contribution in [2.45, 2.75) is 0 Å².